The van der Waals surface area contributed by atoms with Crippen LogP contribution in [0.5, 0.6) is 0 Å². The molecule has 0 aliphatic rings. The molecule has 0 aliphatic carbocycles. The molecule has 326 valence electrons. The van der Waals surface area contributed by atoms with Crippen LogP contribution in [0.1, 0.15) is 245 Å². The topological polar surface area (TPSA) is 78.9 Å². The minimum Gasteiger partial charge on any atom is -0.462 e. The highest BCUT2D eigenvalue weighted by atomic mass is 16.6. The van der Waals surface area contributed by atoms with E-state index in [1.165, 1.54) is 103 Å². The summed E-state index contributed by atoms with van der Waals surface area (Å²) in [6, 6.07) is 0. The molecule has 0 saturated carbocycles. The van der Waals surface area contributed by atoms with Crippen molar-refractivity contribution in [2.75, 3.05) is 13.2 Å². The first-order valence-corrected chi connectivity index (χ1v) is 24.0. The zero-order chi connectivity index (χ0) is 40.8. The molecule has 0 rings (SSSR count). The van der Waals surface area contributed by atoms with Gasteiger partial charge in [0, 0.05) is 19.3 Å². The van der Waals surface area contributed by atoms with Crippen molar-refractivity contribution in [1.29, 1.82) is 0 Å². The number of allylic oxidation sites excluding steroid dienone is 6. The molecule has 0 aliphatic heterocycles. The van der Waals surface area contributed by atoms with Gasteiger partial charge in [0.1, 0.15) is 13.2 Å². The number of esters is 3. The zero-order valence-electron chi connectivity index (χ0n) is 37.2. The van der Waals surface area contributed by atoms with E-state index in [0.29, 0.717) is 19.3 Å². The minimum absolute atomic E-state index is 0.0768. The number of carbonyl (C=O) groups is 3. The van der Waals surface area contributed by atoms with Gasteiger partial charge < -0.3 is 14.2 Å². The summed E-state index contributed by atoms with van der Waals surface area (Å²) in [7, 11) is 0. The maximum absolute atomic E-state index is 12.7. The predicted octanol–water partition coefficient (Wildman–Crippen LogP) is 15.4. The molecule has 0 heterocycles. The first kappa shape index (κ1) is 53.6. The molecule has 0 saturated heterocycles. The molecule has 56 heavy (non-hydrogen) atoms. The molecule has 0 aromatic carbocycles. The lowest BCUT2D eigenvalue weighted by Crippen LogP contribution is -2.30. The Morgan fingerprint density at radius 1 is 0.375 bits per heavy atom. The summed E-state index contributed by atoms with van der Waals surface area (Å²) in [6.07, 6.45) is 51.6. The summed E-state index contributed by atoms with van der Waals surface area (Å²) < 4.78 is 16.6. The lowest BCUT2D eigenvalue weighted by atomic mass is 10.0. The van der Waals surface area contributed by atoms with Crippen LogP contribution in [0.2, 0.25) is 0 Å². The van der Waals surface area contributed by atoms with Gasteiger partial charge in [-0.1, -0.05) is 211 Å². The van der Waals surface area contributed by atoms with Crippen molar-refractivity contribution >= 4 is 17.9 Å². The molecule has 0 aromatic heterocycles. The lowest BCUT2D eigenvalue weighted by Gasteiger charge is -2.18. The van der Waals surface area contributed by atoms with Gasteiger partial charge in [0.2, 0.25) is 0 Å². The molecule has 0 bridgehead atoms. The van der Waals surface area contributed by atoms with Gasteiger partial charge in [0.25, 0.3) is 0 Å². The van der Waals surface area contributed by atoms with Gasteiger partial charge in [-0.15, -0.1) is 0 Å². The minimum atomic E-state index is -0.773. The van der Waals surface area contributed by atoms with Crippen molar-refractivity contribution in [1.82, 2.24) is 0 Å². The second kappa shape index (κ2) is 45.3. The summed E-state index contributed by atoms with van der Waals surface area (Å²) in [6.45, 7) is 6.44. The van der Waals surface area contributed by atoms with Gasteiger partial charge in [-0.2, -0.15) is 0 Å². The molecule has 0 amide bonds. The molecule has 0 spiro atoms. The average Bonchev–Trinajstić information content (AvgIpc) is 3.19. The third kappa shape index (κ3) is 42.8. The van der Waals surface area contributed by atoms with Crippen LogP contribution in [-0.4, -0.2) is 37.2 Å². The Balaban J connectivity index is 4.18. The van der Waals surface area contributed by atoms with E-state index in [9.17, 15) is 14.4 Å². The van der Waals surface area contributed by atoms with Crippen LogP contribution in [-0.2, 0) is 28.6 Å². The van der Waals surface area contributed by atoms with E-state index in [4.69, 9.17) is 14.2 Å². The number of unbranched alkanes of at least 4 members (excludes halogenated alkanes) is 26. The monoisotopic (exact) mass is 787 g/mol. The molecule has 0 N–H and O–H groups in total. The molecule has 0 radical (unpaired) electrons. The van der Waals surface area contributed by atoms with E-state index in [1.54, 1.807) is 0 Å². The van der Waals surface area contributed by atoms with Crippen LogP contribution in [0.4, 0.5) is 0 Å². The van der Waals surface area contributed by atoms with Crippen molar-refractivity contribution in [3.63, 3.8) is 0 Å². The largest absolute Gasteiger partial charge is 0.462 e. The molecular weight excluding hydrogens is 697 g/mol. The van der Waals surface area contributed by atoms with Crippen LogP contribution in [0.3, 0.4) is 0 Å². The van der Waals surface area contributed by atoms with Crippen LogP contribution in [0, 0.1) is 0 Å². The summed E-state index contributed by atoms with van der Waals surface area (Å²) in [5.41, 5.74) is 0. The fourth-order valence-corrected chi connectivity index (χ4v) is 6.81. The standard InChI is InChI=1S/C50H90O6/c1-4-7-10-13-15-17-19-21-23-24-25-27-28-30-32-34-37-40-43-49(52)55-46-47(45-54-48(51)42-39-36-12-9-6-3)56-50(53)44-41-38-35-33-31-29-26-22-20-18-16-14-11-8-5-2/h8,11,16,18,22,26,47H,4-7,9-10,12-15,17,19-21,23-25,27-46H2,1-3H3/b11-8-,18-16-,26-22-. The second-order valence-electron chi connectivity index (χ2n) is 16.0. The van der Waals surface area contributed by atoms with E-state index in [1.807, 2.05) is 0 Å². The maximum Gasteiger partial charge on any atom is 0.306 e. The Morgan fingerprint density at radius 2 is 0.696 bits per heavy atom. The number of hydrogen-bond donors (Lipinski definition) is 0. The van der Waals surface area contributed by atoms with Crippen molar-refractivity contribution in [3.8, 4) is 0 Å². The van der Waals surface area contributed by atoms with E-state index in [2.05, 4.69) is 57.2 Å². The third-order valence-corrected chi connectivity index (χ3v) is 10.4. The summed E-state index contributed by atoms with van der Waals surface area (Å²) >= 11 is 0. The molecule has 1 atom stereocenters. The predicted molar refractivity (Wildman–Crippen MR) is 238 cm³/mol. The SMILES string of the molecule is CC/C=C\C/C=C\C/C=C\CCCCCCCC(=O)OC(COC(=O)CCCCCCC)COC(=O)CCCCCCCCCCCCCCCCCCCC. The molecule has 0 aromatic rings. The fraction of sp³-hybridized carbons (Fsp3) is 0.820. The number of ether oxygens (including phenoxy) is 3. The number of hydrogen-bond acceptors (Lipinski definition) is 6. The lowest BCUT2D eigenvalue weighted by molar-refractivity contribution is -0.167. The van der Waals surface area contributed by atoms with Gasteiger partial charge in [0.05, 0.1) is 0 Å². The Hall–Kier alpha value is -2.37. The summed E-state index contributed by atoms with van der Waals surface area (Å²) in [5.74, 6) is -0.902. The van der Waals surface area contributed by atoms with Crippen LogP contribution < -0.4 is 0 Å². The first-order valence-electron chi connectivity index (χ1n) is 24.0. The Labute approximate surface area is 346 Å². The van der Waals surface area contributed by atoms with Crippen LogP contribution in [0.15, 0.2) is 36.5 Å². The Kier molecular flexibility index (Phi) is 43.4. The van der Waals surface area contributed by atoms with Crippen LogP contribution in [0.25, 0.3) is 0 Å². The number of carbonyl (C=O) groups excluding carboxylic acids is 3. The maximum atomic E-state index is 12.7. The quantitative estimate of drug-likeness (QED) is 0.0265. The smallest absolute Gasteiger partial charge is 0.306 e. The summed E-state index contributed by atoms with van der Waals surface area (Å²) in [5, 5.41) is 0. The highest BCUT2D eigenvalue weighted by Crippen LogP contribution is 2.16. The van der Waals surface area contributed by atoms with Crippen molar-refractivity contribution in [3.05, 3.63) is 36.5 Å². The van der Waals surface area contributed by atoms with Gasteiger partial charge in [-0.05, 0) is 51.4 Å². The van der Waals surface area contributed by atoms with E-state index >= 15 is 0 Å². The van der Waals surface area contributed by atoms with Gasteiger partial charge in [0.15, 0.2) is 6.10 Å². The van der Waals surface area contributed by atoms with Gasteiger partial charge >= 0.3 is 17.9 Å². The molecule has 0 fully saturated rings. The molecule has 6 nitrogen and oxygen atoms in total. The average molecular weight is 787 g/mol. The fourth-order valence-electron chi connectivity index (χ4n) is 6.81. The molecular formula is C50H90O6. The third-order valence-electron chi connectivity index (χ3n) is 10.4. The highest BCUT2D eigenvalue weighted by molar-refractivity contribution is 5.71. The van der Waals surface area contributed by atoms with Crippen molar-refractivity contribution < 1.29 is 28.6 Å². The van der Waals surface area contributed by atoms with E-state index in [-0.39, 0.29) is 31.1 Å². The van der Waals surface area contributed by atoms with Gasteiger partial charge in [-0.25, -0.2) is 0 Å². The Bertz CT molecular complexity index is 953. The van der Waals surface area contributed by atoms with Gasteiger partial charge in [-0.3, -0.25) is 14.4 Å². The molecule has 1 unspecified atom stereocenters. The van der Waals surface area contributed by atoms with Crippen molar-refractivity contribution in [2.45, 2.75) is 252 Å². The normalized spacial score (nSPS) is 12.3. The van der Waals surface area contributed by atoms with E-state index in [0.717, 1.165) is 103 Å². The molecule has 6 heteroatoms. The Morgan fingerprint density at radius 3 is 1.09 bits per heavy atom. The van der Waals surface area contributed by atoms with Crippen LogP contribution >= 0.6 is 0 Å². The highest BCUT2D eigenvalue weighted by Gasteiger charge is 2.19. The second-order valence-corrected chi connectivity index (χ2v) is 16.0. The zero-order valence-corrected chi connectivity index (χ0v) is 37.2. The first-order chi connectivity index (χ1) is 27.5. The van der Waals surface area contributed by atoms with Crippen molar-refractivity contribution in [2.24, 2.45) is 0 Å². The number of rotatable bonds is 43. The van der Waals surface area contributed by atoms with E-state index < -0.39 is 6.10 Å². The summed E-state index contributed by atoms with van der Waals surface area (Å²) in [4.78, 5) is 37.5.